The molecule has 1 amide bonds. The Morgan fingerprint density at radius 2 is 1.95 bits per heavy atom. The van der Waals surface area contributed by atoms with Gasteiger partial charge in [0.05, 0.1) is 32.2 Å². The summed E-state index contributed by atoms with van der Waals surface area (Å²) in [6.07, 6.45) is 1.24. The van der Waals surface area contributed by atoms with E-state index in [-0.39, 0.29) is 5.56 Å². The molecular weight excluding hydrogens is 522 g/mol. The Kier molecular flexibility index (Phi) is 8.09. The van der Waals surface area contributed by atoms with Gasteiger partial charge in [0.2, 0.25) is 5.91 Å². The van der Waals surface area contributed by atoms with Gasteiger partial charge in [0.25, 0.3) is 0 Å². The maximum atomic E-state index is 12.3. The Hall–Kier alpha value is -3.24. The Morgan fingerprint density at radius 1 is 1.16 bits per heavy atom. The van der Waals surface area contributed by atoms with E-state index in [2.05, 4.69) is 27.8 Å². The predicted octanol–water partition coefficient (Wildman–Crippen LogP) is 4.49. The molecule has 1 fully saturated rings. The number of carbonyl (C=O) groups is 1. The number of piperazine rings is 1. The number of hydrogen-bond acceptors (Lipinski definition) is 7. The molecule has 2 heterocycles. The molecule has 198 valence electrons. The second kappa shape index (κ2) is 11.7. The first kappa shape index (κ1) is 26.4. The smallest absolute Gasteiger partial charge is 0.250 e. The first-order chi connectivity index (χ1) is 18.4. The summed E-state index contributed by atoms with van der Waals surface area (Å²) >= 11 is 11.3. The Bertz CT molecular complexity index is 1450. The minimum Gasteiger partial charge on any atom is -0.491 e. The van der Waals surface area contributed by atoms with E-state index in [1.807, 2.05) is 60.0 Å². The van der Waals surface area contributed by atoms with E-state index in [1.165, 1.54) is 0 Å². The zero-order valence-electron chi connectivity index (χ0n) is 21.1. The molecule has 3 N–H and O–H groups in total. The Morgan fingerprint density at radius 3 is 2.74 bits per heavy atom. The highest BCUT2D eigenvalue weighted by Gasteiger charge is 2.20. The van der Waals surface area contributed by atoms with Crippen LogP contribution < -0.4 is 20.5 Å². The zero-order valence-corrected chi connectivity index (χ0v) is 22.7. The van der Waals surface area contributed by atoms with Gasteiger partial charge in [0.15, 0.2) is 0 Å². The average Bonchev–Trinajstić information content (AvgIpc) is 3.35. The number of nitrogens with one attached hydrogen (secondary N) is 1. The van der Waals surface area contributed by atoms with Crippen molar-refractivity contribution in [1.82, 2.24) is 19.8 Å². The predicted molar refractivity (Wildman–Crippen MR) is 152 cm³/mol. The lowest BCUT2D eigenvalue weighted by molar-refractivity contribution is 0.0996. The lowest BCUT2D eigenvalue weighted by Gasteiger charge is -2.27. The van der Waals surface area contributed by atoms with Gasteiger partial charge in [-0.3, -0.25) is 14.3 Å². The maximum Gasteiger partial charge on any atom is 0.250 e. The monoisotopic (exact) mass is 551 g/mol. The number of rotatable bonds is 9. The first-order valence-corrected chi connectivity index (χ1v) is 13.3. The Balaban J connectivity index is 1.39. The standard InChI is InChI=1S/C28H30ClN5O3S/c1-18(20-5-4-8-24(26(20)29)36-14-13-33-11-9-31-10-12-33)37-25-16-19(15-21(27(25)38)28(30)35)34-17-32-22-6-2-3-7-23(22)34/h2-8,15-18,31,38H,9-14H2,1H3,(H2,30,35)/t18-/m1/s1. The number of fused-ring (bicyclic) bond motifs is 1. The van der Waals surface area contributed by atoms with Crippen LogP contribution in [0.25, 0.3) is 16.7 Å². The fraction of sp³-hybridized carbons (Fsp3) is 0.286. The van der Waals surface area contributed by atoms with Crippen LogP contribution in [0, 0.1) is 0 Å². The number of nitrogens with zero attached hydrogens (tertiary/aromatic N) is 3. The third kappa shape index (κ3) is 5.61. The molecule has 4 aromatic rings. The number of para-hydroxylation sites is 2. The van der Waals surface area contributed by atoms with E-state index in [1.54, 1.807) is 12.4 Å². The number of primary amides is 1. The van der Waals surface area contributed by atoms with Crippen LogP contribution in [0.15, 0.2) is 65.8 Å². The van der Waals surface area contributed by atoms with E-state index in [0.29, 0.717) is 33.7 Å². The molecule has 10 heteroatoms. The maximum absolute atomic E-state index is 12.3. The number of thiol groups is 1. The van der Waals surface area contributed by atoms with Crippen molar-refractivity contribution in [1.29, 1.82) is 0 Å². The van der Waals surface area contributed by atoms with Gasteiger partial charge < -0.3 is 20.5 Å². The largest absolute Gasteiger partial charge is 0.491 e. The van der Waals surface area contributed by atoms with Gasteiger partial charge in [-0.1, -0.05) is 35.9 Å². The number of amides is 1. The first-order valence-electron chi connectivity index (χ1n) is 12.5. The Labute approximate surface area is 232 Å². The summed E-state index contributed by atoms with van der Waals surface area (Å²) in [6, 6.07) is 16.9. The van der Waals surface area contributed by atoms with E-state index in [0.717, 1.165) is 49.3 Å². The number of carbonyl (C=O) groups excluding carboxylic acids is 1. The molecule has 5 rings (SSSR count). The highest BCUT2D eigenvalue weighted by molar-refractivity contribution is 7.80. The van der Waals surface area contributed by atoms with Crippen LogP contribution in [0.3, 0.4) is 0 Å². The van der Waals surface area contributed by atoms with Crippen LogP contribution in [0.5, 0.6) is 11.5 Å². The molecule has 38 heavy (non-hydrogen) atoms. The second-order valence-corrected chi connectivity index (χ2v) is 9.99. The average molecular weight is 552 g/mol. The highest BCUT2D eigenvalue weighted by atomic mass is 35.5. The molecule has 0 saturated carbocycles. The molecule has 1 atom stereocenters. The van der Waals surface area contributed by atoms with Gasteiger partial charge in [-0.05, 0) is 31.2 Å². The van der Waals surface area contributed by atoms with Gasteiger partial charge in [0.1, 0.15) is 30.5 Å². The molecule has 1 saturated heterocycles. The van der Waals surface area contributed by atoms with E-state index in [9.17, 15) is 4.79 Å². The molecule has 1 aliphatic heterocycles. The van der Waals surface area contributed by atoms with Gasteiger partial charge in [-0.25, -0.2) is 4.98 Å². The summed E-state index contributed by atoms with van der Waals surface area (Å²) in [7, 11) is 0. The number of nitrogens with two attached hydrogens (primary N) is 1. The SMILES string of the molecule is C[C@@H](Oc1cc(-n2cnc3ccccc32)cc(C(N)=O)c1S)c1cccc(OCCN2CCNCC2)c1Cl. The number of halogens is 1. The van der Waals surface area contributed by atoms with E-state index < -0.39 is 12.0 Å². The van der Waals surface area contributed by atoms with Crippen molar-refractivity contribution in [3.8, 4) is 17.2 Å². The minimum atomic E-state index is -0.600. The number of aromatic nitrogens is 2. The van der Waals surface area contributed by atoms with Crippen molar-refractivity contribution in [2.45, 2.75) is 17.9 Å². The summed E-state index contributed by atoms with van der Waals surface area (Å²) in [5.41, 5.74) is 9.11. The summed E-state index contributed by atoms with van der Waals surface area (Å²) in [5.74, 6) is 0.417. The lowest BCUT2D eigenvalue weighted by Crippen LogP contribution is -2.44. The van der Waals surface area contributed by atoms with Crippen molar-refractivity contribution in [3.05, 3.63) is 77.1 Å². The molecule has 0 aliphatic carbocycles. The van der Waals surface area contributed by atoms with E-state index >= 15 is 0 Å². The molecule has 0 spiro atoms. The number of benzene rings is 3. The van der Waals surface area contributed by atoms with E-state index in [4.69, 9.17) is 26.8 Å². The van der Waals surface area contributed by atoms with Crippen LogP contribution >= 0.6 is 24.2 Å². The molecule has 0 unspecified atom stereocenters. The van der Waals surface area contributed by atoms with Crippen molar-refractivity contribution in [2.24, 2.45) is 5.73 Å². The third-order valence-corrected chi connectivity index (χ3v) is 7.53. The summed E-state index contributed by atoms with van der Waals surface area (Å²) in [5, 5.41) is 3.84. The minimum absolute atomic E-state index is 0.252. The molecular formula is C28H30ClN5O3S. The van der Waals surface area contributed by atoms with Crippen LogP contribution in [-0.4, -0.2) is 59.7 Å². The van der Waals surface area contributed by atoms with Crippen LogP contribution in [-0.2, 0) is 0 Å². The van der Waals surface area contributed by atoms with Crippen molar-refractivity contribution in [3.63, 3.8) is 0 Å². The second-order valence-electron chi connectivity index (χ2n) is 9.17. The quantitative estimate of drug-likeness (QED) is 0.265. The van der Waals surface area contributed by atoms with Crippen molar-refractivity contribution >= 4 is 41.2 Å². The molecule has 3 aromatic carbocycles. The fourth-order valence-electron chi connectivity index (χ4n) is 4.60. The van der Waals surface area contributed by atoms with Gasteiger partial charge in [-0.15, -0.1) is 12.6 Å². The molecule has 1 aromatic heterocycles. The normalized spacial score (nSPS) is 14.9. The highest BCUT2D eigenvalue weighted by Crippen LogP contribution is 2.37. The van der Waals surface area contributed by atoms with Crippen LogP contribution in [0.2, 0.25) is 5.02 Å². The summed E-state index contributed by atoms with van der Waals surface area (Å²) in [6.45, 7) is 7.28. The van der Waals surface area contributed by atoms with Crippen molar-refractivity contribution in [2.75, 3.05) is 39.3 Å². The zero-order chi connectivity index (χ0) is 26.6. The number of ether oxygens (including phenoxy) is 2. The lowest BCUT2D eigenvalue weighted by atomic mass is 10.1. The topological polar surface area (TPSA) is 94.6 Å². The van der Waals surface area contributed by atoms with Crippen LogP contribution in [0.1, 0.15) is 28.9 Å². The number of hydrogen-bond donors (Lipinski definition) is 3. The molecule has 0 radical (unpaired) electrons. The number of imidazole rings is 1. The van der Waals surface area contributed by atoms with Crippen molar-refractivity contribution < 1.29 is 14.3 Å². The van der Waals surface area contributed by atoms with Crippen LogP contribution in [0.4, 0.5) is 0 Å². The van der Waals surface area contributed by atoms with Gasteiger partial charge >= 0.3 is 0 Å². The third-order valence-electron chi connectivity index (χ3n) is 6.67. The summed E-state index contributed by atoms with van der Waals surface area (Å²) < 4.78 is 14.2. The molecule has 8 nitrogen and oxygen atoms in total. The molecule has 1 aliphatic rings. The molecule has 0 bridgehead atoms. The van der Waals surface area contributed by atoms with Gasteiger partial charge in [-0.2, -0.15) is 0 Å². The fourth-order valence-corrected chi connectivity index (χ4v) is 5.23. The summed E-state index contributed by atoms with van der Waals surface area (Å²) in [4.78, 5) is 19.5. The van der Waals surface area contributed by atoms with Gasteiger partial charge in [0, 0.05) is 44.4 Å².